The number of sulfonamides is 1. The zero-order chi connectivity index (χ0) is 22.3. The Morgan fingerprint density at radius 2 is 1.63 bits per heavy atom. The molecule has 162 valence electrons. The van der Waals surface area contributed by atoms with Gasteiger partial charge in [0, 0.05) is 31.2 Å². The Morgan fingerprint density at radius 3 is 2.23 bits per heavy atom. The van der Waals surface area contributed by atoms with Gasteiger partial charge >= 0.3 is 6.18 Å². The number of rotatable bonds is 3. The number of benzene rings is 2. The first-order valence-electron chi connectivity index (χ1n) is 8.56. The molecule has 0 aliphatic carbocycles. The maximum atomic E-state index is 13.1. The molecule has 1 amide bonds. The van der Waals surface area contributed by atoms with Crippen LogP contribution in [0.25, 0.3) is 0 Å². The van der Waals surface area contributed by atoms with Gasteiger partial charge in [-0.3, -0.25) is 4.79 Å². The molecule has 1 aliphatic heterocycles. The lowest BCUT2D eigenvalue weighted by molar-refractivity contribution is -0.137. The quantitative estimate of drug-likeness (QED) is 0.720. The summed E-state index contributed by atoms with van der Waals surface area (Å²) in [4.78, 5) is 13.4. The number of amides is 1. The second kappa shape index (κ2) is 8.26. The Hall–Kier alpha value is -2.01. The zero-order valence-electron chi connectivity index (χ0n) is 15.2. The van der Waals surface area contributed by atoms with E-state index in [1.807, 2.05) is 0 Å². The monoisotopic (exact) mass is 482 g/mol. The number of piperazine rings is 1. The van der Waals surface area contributed by atoms with E-state index < -0.39 is 37.6 Å². The van der Waals surface area contributed by atoms with Crippen LogP contribution in [0, 0.1) is 0 Å². The fourth-order valence-electron chi connectivity index (χ4n) is 3.01. The van der Waals surface area contributed by atoms with Crippen molar-refractivity contribution in [1.29, 1.82) is 0 Å². The zero-order valence-corrected chi connectivity index (χ0v) is 17.5. The highest BCUT2D eigenvalue weighted by atomic mass is 35.5. The molecule has 0 atom stereocenters. The predicted molar refractivity (Wildman–Crippen MR) is 104 cm³/mol. The summed E-state index contributed by atoms with van der Waals surface area (Å²) in [5, 5.41) is 9.52. The van der Waals surface area contributed by atoms with Gasteiger partial charge in [-0.2, -0.15) is 17.5 Å². The fourth-order valence-corrected chi connectivity index (χ4v) is 4.86. The van der Waals surface area contributed by atoms with Gasteiger partial charge in [0.15, 0.2) is 0 Å². The van der Waals surface area contributed by atoms with Gasteiger partial charge in [0.05, 0.1) is 21.0 Å². The maximum absolute atomic E-state index is 13.1. The second-order valence-corrected chi connectivity index (χ2v) is 9.28. The van der Waals surface area contributed by atoms with Crippen molar-refractivity contribution in [1.82, 2.24) is 9.21 Å². The largest absolute Gasteiger partial charge is 0.507 e. The van der Waals surface area contributed by atoms with E-state index in [1.165, 1.54) is 23.1 Å². The minimum atomic E-state index is -4.80. The van der Waals surface area contributed by atoms with Crippen LogP contribution >= 0.6 is 23.2 Å². The van der Waals surface area contributed by atoms with Gasteiger partial charge in [0.25, 0.3) is 5.91 Å². The molecule has 2 aromatic rings. The Morgan fingerprint density at radius 1 is 1.00 bits per heavy atom. The van der Waals surface area contributed by atoms with Crippen LogP contribution in [-0.4, -0.2) is 54.8 Å². The minimum Gasteiger partial charge on any atom is -0.507 e. The van der Waals surface area contributed by atoms with Gasteiger partial charge in [0.2, 0.25) is 10.0 Å². The fraction of sp³-hybridized carbons (Fsp3) is 0.278. The maximum Gasteiger partial charge on any atom is 0.417 e. The summed E-state index contributed by atoms with van der Waals surface area (Å²) in [6.45, 7) is -0.272. The lowest BCUT2D eigenvalue weighted by Gasteiger charge is -2.34. The average Bonchev–Trinajstić information content (AvgIpc) is 2.68. The minimum absolute atomic E-state index is 0.0102. The molecule has 0 saturated carbocycles. The van der Waals surface area contributed by atoms with Crippen LogP contribution in [0.3, 0.4) is 0 Å². The van der Waals surface area contributed by atoms with Crippen molar-refractivity contribution in [3.63, 3.8) is 0 Å². The van der Waals surface area contributed by atoms with E-state index in [0.29, 0.717) is 6.07 Å². The van der Waals surface area contributed by atoms with E-state index in [4.69, 9.17) is 23.2 Å². The van der Waals surface area contributed by atoms with Crippen LogP contribution in [0.15, 0.2) is 41.3 Å². The molecule has 0 aromatic heterocycles. The number of halogens is 5. The smallest absolute Gasteiger partial charge is 0.417 e. The number of carbonyl (C=O) groups excluding carboxylic acids is 1. The van der Waals surface area contributed by atoms with Crippen molar-refractivity contribution in [2.24, 2.45) is 0 Å². The summed E-state index contributed by atoms with van der Waals surface area (Å²) >= 11 is 11.4. The molecule has 0 unspecified atom stereocenters. The molecule has 0 spiro atoms. The molecule has 1 aliphatic rings. The van der Waals surface area contributed by atoms with Gasteiger partial charge in [0.1, 0.15) is 5.75 Å². The number of hydrogen-bond acceptors (Lipinski definition) is 4. The number of phenolic OH excluding ortho intramolecular Hbond substituents is 1. The van der Waals surface area contributed by atoms with Crippen LogP contribution in [0.4, 0.5) is 13.2 Å². The third-order valence-corrected chi connectivity index (χ3v) is 7.06. The molecule has 1 N–H and O–H groups in total. The number of phenols is 1. The Labute approximate surface area is 180 Å². The Balaban J connectivity index is 1.77. The number of carbonyl (C=O) groups is 1. The topological polar surface area (TPSA) is 77.9 Å². The highest BCUT2D eigenvalue weighted by molar-refractivity contribution is 7.89. The predicted octanol–water partition coefficient (Wildman–Crippen LogP) is 3.86. The molecule has 3 rings (SSSR count). The molecular weight excluding hydrogens is 468 g/mol. The number of alkyl halides is 3. The first-order valence-corrected chi connectivity index (χ1v) is 10.8. The normalized spacial score (nSPS) is 16.0. The van der Waals surface area contributed by atoms with Gasteiger partial charge in [-0.05, 0) is 36.4 Å². The van der Waals surface area contributed by atoms with Crippen LogP contribution in [0.2, 0.25) is 10.0 Å². The third-order valence-electron chi connectivity index (χ3n) is 4.60. The van der Waals surface area contributed by atoms with Crippen LogP contribution in [0.5, 0.6) is 5.75 Å². The molecule has 1 saturated heterocycles. The molecule has 0 radical (unpaired) electrons. The van der Waals surface area contributed by atoms with Crippen molar-refractivity contribution >= 4 is 39.1 Å². The first-order chi connectivity index (χ1) is 13.9. The highest BCUT2D eigenvalue weighted by Gasteiger charge is 2.36. The van der Waals surface area contributed by atoms with Crippen LogP contribution in [-0.2, 0) is 16.2 Å². The molecule has 30 heavy (non-hydrogen) atoms. The average molecular weight is 483 g/mol. The third kappa shape index (κ3) is 4.51. The van der Waals surface area contributed by atoms with E-state index in [0.717, 1.165) is 16.4 Å². The van der Waals surface area contributed by atoms with Gasteiger partial charge in [-0.25, -0.2) is 8.42 Å². The van der Waals surface area contributed by atoms with E-state index in [1.54, 1.807) is 0 Å². The van der Waals surface area contributed by atoms with E-state index >= 15 is 0 Å². The number of nitrogens with zero attached hydrogens (tertiary/aromatic N) is 2. The number of aromatic hydroxyl groups is 1. The SMILES string of the molecule is O=C(c1cc(Cl)ccc1O)N1CCN(S(=O)(=O)c2ccc(Cl)c(C(F)(F)F)c2)CC1. The second-order valence-electron chi connectivity index (χ2n) is 6.50. The molecule has 2 aromatic carbocycles. The van der Waals surface area contributed by atoms with Gasteiger partial charge < -0.3 is 10.0 Å². The van der Waals surface area contributed by atoms with E-state index in [-0.39, 0.29) is 42.5 Å². The van der Waals surface area contributed by atoms with Crippen LogP contribution < -0.4 is 0 Å². The molecule has 0 bridgehead atoms. The lowest BCUT2D eigenvalue weighted by Crippen LogP contribution is -2.50. The highest BCUT2D eigenvalue weighted by Crippen LogP contribution is 2.36. The molecule has 1 fully saturated rings. The molecule has 1 heterocycles. The van der Waals surface area contributed by atoms with Gasteiger partial charge in [-0.15, -0.1) is 0 Å². The lowest BCUT2D eigenvalue weighted by atomic mass is 10.1. The number of hydrogen-bond donors (Lipinski definition) is 1. The van der Waals surface area contributed by atoms with Crippen molar-refractivity contribution in [3.8, 4) is 5.75 Å². The summed E-state index contributed by atoms with van der Waals surface area (Å²) in [6, 6.07) is 6.38. The van der Waals surface area contributed by atoms with Crippen molar-refractivity contribution in [2.45, 2.75) is 11.1 Å². The van der Waals surface area contributed by atoms with Crippen molar-refractivity contribution in [2.75, 3.05) is 26.2 Å². The van der Waals surface area contributed by atoms with Crippen molar-refractivity contribution < 1.29 is 31.5 Å². The molecule has 6 nitrogen and oxygen atoms in total. The first kappa shape index (κ1) is 22.7. The summed E-state index contributed by atoms with van der Waals surface area (Å²) in [7, 11) is -4.22. The summed E-state index contributed by atoms with van der Waals surface area (Å²) < 4.78 is 65.7. The summed E-state index contributed by atoms with van der Waals surface area (Å²) in [5.74, 6) is -0.793. The van der Waals surface area contributed by atoms with E-state index in [2.05, 4.69) is 0 Å². The van der Waals surface area contributed by atoms with Gasteiger partial charge in [-0.1, -0.05) is 23.2 Å². The van der Waals surface area contributed by atoms with Crippen LogP contribution in [0.1, 0.15) is 15.9 Å². The standard InChI is InChI=1S/C18H15Cl2F3N2O4S/c19-11-1-4-16(26)13(9-11)17(27)24-5-7-25(8-6-24)30(28,29)12-2-3-15(20)14(10-12)18(21,22)23/h1-4,9-10,26H,5-8H2. The van der Waals surface area contributed by atoms with E-state index in [9.17, 15) is 31.5 Å². The summed E-state index contributed by atoms with van der Waals surface area (Å²) in [5.41, 5.74) is -1.26. The Bertz CT molecular complexity index is 1090. The molecule has 12 heteroatoms. The van der Waals surface area contributed by atoms with Crippen molar-refractivity contribution in [3.05, 3.63) is 57.6 Å². The Kier molecular flexibility index (Phi) is 6.24. The summed E-state index contributed by atoms with van der Waals surface area (Å²) in [6.07, 6.45) is -4.80. The molecular formula is C18H15Cl2F3N2O4S.